The number of nitrogens with zero attached hydrogens (tertiary/aromatic N) is 8. The van der Waals surface area contributed by atoms with Crippen LogP contribution < -0.4 is 14.2 Å². The first-order chi connectivity index (χ1) is 46.7. The molecule has 12 aromatic rings. The van der Waals surface area contributed by atoms with E-state index in [0.29, 0.717) is 50.9 Å². The van der Waals surface area contributed by atoms with Crippen molar-refractivity contribution in [2.45, 2.75) is 41.5 Å². The van der Waals surface area contributed by atoms with E-state index in [0.717, 1.165) is 78.7 Å². The summed E-state index contributed by atoms with van der Waals surface area (Å²) in [5, 5.41) is 10.1. The van der Waals surface area contributed by atoms with Crippen LogP contribution in [0.5, 0.6) is 17.5 Å². The summed E-state index contributed by atoms with van der Waals surface area (Å²) in [7, 11) is 2.74. The fourth-order valence-electron chi connectivity index (χ4n) is 9.36. The zero-order valence-electron chi connectivity index (χ0n) is 54.4. The van der Waals surface area contributed by atoms with Gasteiger partial charge in [0.1, 0.15) is 64.7 Å². The van der Waals surface area contributed by atoms with Gasteiger partial charge in [0.15, 0.2) is 0 Å². The molecule has 0 aliphatic carbocycles. The highest BCUT2D eigenvalue weighted by Crippen LogP contribution is 2.33. The van der Waals surface area contributed by atoms with Gasteiger partial charge in [0.05, 0.1) is 59.4 Å². The van der Waals surface area contributed by atoms with Crippen LogP contribution in [-0.4, -0.2) is 112 Å². The van der Waals surface area contributed by atoms with Gasteiger partial charge in [-0.3, -0.25) is 29.3 Å². The maximum absolute atomic E-state index is 11.8. The SMILES string of the molecule is CC(C)(COc1ccc(-c2ccc(-c3nc(-c4ccccc4)c(Cl)[nH]3)cn2)cn1)C(=O)O.COC(=O)C(C)(C)COc1ccc(-c2ccc(-c3nc(-c4ccccc4)c(Cl)[nH]3)cn2)cn1.COC(=O)C(C)(C)COc1ccc(-c2ccc(-c3ncc(-c4ccccc4)[nH]3)cn2)cc1. The number of esters is 2. The molecule has 0 fully saturated rings. The van der Waals surface area contributed by atoms with Gasteiger partial charge in [-0.15, -0.1) is 0 Å². The fourth-order valence-corrected chi connectivity index (χ4v) is 9.84. The summed E-state index contributed by atoms with van der Waals surface area (Å²) >= 11 is 12.7. The molecular weight excluding hydrogens is 1270 g/mol. The summed E-state index contributed by atoms with van der Waals surface area (Å²) in [6.45, 7) is 10.7. The van der Waals surface area contributed by atoms with Crippen molar-refractivity contribution in [2.75, 3.05) is 34.0 Å². The van der Waals surface area contributed by atoms with Gasteiger partial charge in [0.2, 0.25) is 11.8 Å². The number of H-pyrrole nitrogens is 3. The number of nitrogens with one attached hydrogen (secondary N) is 3. The Morgan fingerprint density at radius 1 is 0.381 bits per heavy atom. The van der Waals surface area contributed by atoms with E-state index in [1.165, 1.54) is 14.2 Å². The van der Waals surface area contributed by atoms with Crippen LogP contribution in [0.15, 0.2) is 213 Å². The van der Waals surface area contributed by atoms with Crippen molar-refractivity contribution in [3.05, 3.63) is 223 Å². The molecular formula is C75H69Cl2N11O9. The third-order valence-corrected chi connectivity index (χ3v) is 15.8. The van der Waals surface area contributed by atoms with Crippen LogP contribution >= 0.6 is 23.2 Å². The Morgan fingerprint density at radius 3 is 1.14 bits per heavy atom. The molecule has 0 aliphatic rings. The van der Waals surface area contributed by atoms with Gasteiger partial charge >= 0.3 is 17.9 Å². The molecule has 22 heteroatoms. The summed E-state index contributed by atoms with van der Waals surface area (Å²) in [6.07, 6.45) is 10.4. The Bertz CT molecular complexity index is 4570. The van der Waals surface area contributed by atoms with Crippen molar-refractivity contribution in [1.82, 2.24) is 54.8 Å². The van der Waals surface area contributed by atoms with Crippen LogP contribution in [0.3, 0.4) is 0 Å². The molecule has 12 rings (SSSR count). The molecule has 8 heterocycles. The number of rotatable bonds is 21. The average molecular weight is 1340 g/mol. The Hall–Kier alpha value is -11.4. The Balaban J connectivity index is 0.000000158. The Labute approximate surface area is 570 Å². The van der Waals surface area contributed by atoms with Crippen molar-refractivity contribution in [3.63, 3.8) is 0 Å². The number of carbonyl (C=O) groups excluding carboxylic acids is 2. The highest BCUT2D eigenvalue weighted by atomic mass is 35.5. The zero-order chi connectivity index (χ0) is 68.7. The van der Waals surface area contributed by atoms with Gasteiger partial charge in [0, 0.05) is 87.6 Å². The van der Waals surface area contributed by atoms with Crippen molar-refractivity contribution in [1.29, 1.82) is 0 Å². The van der Waals surface area contributed by atoms with Crippen LogP contribution in [0.1, 0.15) is 41.5 Å². The van der Waals surface area contributed by atoms with Gasteiger partial charge in [-0.25, -0.2) is 24.9 Å². The lowest BCUT2D eigenvalue weighted by Gasteiger charge is -2.21. The number of imidazole rings is 3. The number of ether oxygens (including phenoxy) is 5. The van der Waals surface area contributed by atoms with Gasteiger partial charge in [-0.05, 0) is 120 Å². The van der Waals surface area contributed by atoms with Gasteiger partial charge < -0.3 is 43.7 Å². The molecule has 4 aromatic carbocycles. The van der Waals surface area contributed by atoms with E-state index >= 15 is 0 Å². The highest BCUT2D eigenvalue weighted by molar-refractivity contribution is 6.32. The number of benzene rings is 4. The second kappa shape index (κ2) is 30.8. The summed E-state index contributed by atoms with van der Waals surface area (Å²) in [5.41, 5.74) is 10.4. The maximum Gasteiger partial charge on any atom is 0.314 e. The number of aromatic amines is 3. The molecule has 0 spiro atoms. The van der Waals surface area contributed by atoms with Crippen molar-refractivity contribution in [2.24, 2.45) is 16.2 Å². The van der Waals surface area contributed by atoms with Crippen LogP contribution in [0.25, 0.3) is 102 Å². The minimum atomic E-state index is -0.993. The first-order valence-corrected chi connectivity index (χ1v) is 31.4. The Morgan fingerprint density at radius 2 is 0.753 bits per heavy atom. The second-order valence-corrected chi connectivity index (χ2v) is 24.9. The number of pyridine rings is 5. The maximum atomic E-state index is 11.8. The smallest absolute Gasteiger partial charge is 0.314 e. The first-order valence-electron chi connectivity index (χ1n) is 30.6. The average Bonchev–Trinajstić information content (AvgIpc) is 1.75. The number of hydrogen-bond donors (Lipinski definition) is 4. The van der Waals surface area contributed by atoms with Crippen molar-refractivity contribution < 1.29 is 43.2 Å². The van der Waals surface area contributed by atoms with Gasteiger partial charge in [-0.1, -0.05) is 114 Å². The van der Waals surface area contributed by atoms with E-state index < -0.39 is 22.2 Å². The number of aliphatic carboxylic acids is 1. The molecule has 0 radical (unpaired) electrons. The molecule has 8 aromatic heterocycles. The highest BCUT2D eigenvalue weighted by Gasteiger charge is 2.31. The summed E-state index contributed by atoms with van der Waals surface area (Å²) in [6, 6.07) is 55.9. The lowest BCUT2D eigenvalue weighted by atomic mass is 9.95. The number of carboxylic acid groups (broad SMARTS) is 1. The number of carbonyl (C=O) groups is 3. The quantitative estimate of drug-likeness (QED) is 0.0487. The molecule has 97 heavy (non-hydrogen) atoms. The summed E-state index contributed by atoms with van der Waals surface area (Å²) < 4.78 is 26.5. The molecule has 20 nitrogen and oxygen atoms in total. The first kappa shape index (κ1) is 68.5. The van der Waals surface area contributed by atoms with Crippen LogP contribution in [0.4, 0.5) is 0 Å². The van der Waals surface area contributed by atoms with E-state index in [1.807, 2.05) is 176 Å². The van der Waals surface area contributed by atoms with Crippen molar-refractivity contribution in [3.8, 4) is 119 Å². The fraction of sp³-hybridized carbons (Fsp3) is 0.187. The molecule has 0 bridgehead atoms. The van der Waals surface area contributed by atoms with Crippen LogP contribution in [0, 0.1) is 16.2 Å². The molecule has 0 aliphatic heterocycles. The van der Waals surface area contributed by atoms with Crippen LogP contribution in [-0.2, 0) is 23.9 Å². The Kier molecular flexibility index (Phi) is 21.8. The van der Waals surface area contributed by atoms with Crippen LogP contribution in [0.2, 0.25) is 10.3 Å². The molecule has 492 valence electrons. The monoisotopic (exact) mass is 1340 g/mol. The van der Waals surface area contributed by atoms with E-state index in [2.05, 4.69) is 54.8 Å². The van der Waals surface area contributed by atoms with Gasteiger partial charge in [-0.2, -0.15) is 0 Å². The van der Waals surface area contributed by atoms with Gasteiger partial charge in [0.25, 0.3) is 0 Å². The number of hydrogen-bond acceptors (Lipinski definition) is 16. The number of aromatic nitrogens is 11. The summed E-state index contributed by atoms with van der Waals surface area (Å²) in [4.78, 5) is 80.3. The third kappa shape index (κ3) is 17.5. The number of halogens is 2. The normalized spacial score (nSPS) is 11.3. The number of carboxylic acids is 1. The molecule has 0 saturated heterocycles. The third-order valence-electron chi connectivity index (χ3n) is 15.2. The van der Waals surface area contributed by atoms with E-state index in [4.69, 9.17) is 52.0 Å². The minimum Gasteiger partial charge on any atom is -0.492 e. The van der Waals surface area contributed by atoms with E-state index in [-0.39, 0.29) is 31.8 Å². The zero-order valence-corrected chi connectivity index (χ0v) is 55.9. The largest absolute Gasteiger partial charge is 0.492 e. The lowest BCUT2D eigenvalue weighted by Crippen LogP contribution is -2.32. The lowest BCUT2D eigenvalue weighted by molar-refractivity contribution is -0.153. The molecule has 0 saturated carbocycles. The number of methoxy groups -OCH3 is 2. The van der Waals surface area contributed by atoms with Crippen molar-refractivity contribution >= 4 is 41.1 Å². The second-order valence-electron chi connectivity index (χ2n) is 24.1. The molecule has 4 N–H and O–H groups in total. The molecule has 0 unspecified atom stereocenters. The standard InChI is InChI=1S/C26H25N3O3.C25H23ClN4O3.C24H21ClN4O3/c1-26(2,25(30)31-3)17-32-21-12-9-19(10-13-21)22-14-11-20(15-27-22)24-28-16-23(29-24)18-7-5-4-6-8-18;1-25(2,24(31)32-3)15-33-20-12-10-17(13-28-20)19-11-9-18(14-27-19)23-29-21(22(26)30-23)16-7-5-4-6-8-16;1-24(2,23(30)31)14-32-19-11-9-16(12-27-19)18-10-8-17(13-26-18)22-28-20(21(25)29-22)15-6-4-3-5-7-15/h4-16H,17H2,1-3H3,(H,28,29);4-14H,15H2,1-3H3,(H,29,30);3-13H,14H2,1-2H3,(H,28,29)(H,30,31). The van der Waals surface area contributed by atoms with E-state index in [1.54, 1.807) is 78.5 Å². The summed E-state index contributed by atoms with van der Waals surface area (Å²) in [5.74, 6) is 1.97. The predicted octanol–water partition coefficient (Wildman–Crippen LogP) is 16.2. The minimum absolute atomic E-state index is 0.0261. The predicted molar refractivity (Wildman–Crippen MR) is 373 cm³/mol. The van der Waals surface area contributed by atoms with E-state index in [9.17, 15) is 14.4 Å². The molecule has 0 amide bonds. The topological polar surface area (TPSA) is 268 Å². The molecule has 0 atom stereocenters.